The molecule has 1 aliphatic heterocycles. The maximum Gasteiger partial charge on any atom is 0.222 e. The molecule has 3 N–H and O–H groups in total. The lowest BCUT2D eigenvalue weighted by Crippen LogP contribution is -2.53. The minimum absolute atomic E-state index is 0.147. The third-order valence-electron chi connectivity index (χ3n) is 4.32. The Morgan fingerprint density at radius 2 is 2.24 bits per heavy atom. The third kappa shape index (κ3) is 3.19. The SMILES string of the molecule is CC1CN(C)CCC1NC(=O)CC1(N)CCC1. The quantitative estimate of drug-likeness (QED) is 0.763. The predicted octanol–water partition coefficient (Wildman–Crippen LogP) is 0.714. The Bertz CT molecular complexity index is 288. The second-order valence-corrected chi connectivity index (χ2v) is 6.09. The van der Waals surface area contributed by atoms with Gasteiger partial charge in [0.1, 0.15) is 0 Å². The summed E-state index contributed by atoms with van der Waals surface area (Å²) in [5.41, 5.74) is 5.90. The molecule has 1 amide bonds. The van der Waals surface area contributed by atoms with E-state index < -0.39 is 0 Å². The van der Waals surface area contributed by atoms with E-state index in [1.165, 1.54) is 6.42 Å². The van der Waals surface area contributed by atoms with Crippen LogP contribution in [0.3, 0.4) is 0 Å². The maximum atomic E-state index is 11.9. The topological polar surface area (TPSA) is 58.4 Å². The summed E-state index contributed by atoms with van der Waals surface area (Å²) in [5, 5.41) is 3.17. The summed E-state index contributed by atoms with van der Waals surface area (Å²) in [4.78, 5) is 14.3. The van der Waals surface area contributed by atoms with Gasteiger partial charge in [0.05, 0.1) is 0 Å². The number of likely N-dealkylation sites (tertiary alicyclic amines) is 1. The molecule has 2 rings (SSSR count). The van der Waals surface area contributed by atoms with Crippen molar-refractivity contribution >= 4 is 5.91 Å². The van der Waals surface area contributed by atoms with Crippen molar-refractivity contribution in [3.8, 4) is 0 Å². The number of nitrogens with two attached hydrogens (primary N) is 1. The van der Waals surface area contributed by atoms with E-state index in [0.29, 0.717) is 18.4 Å². The Hall–Kier alpha value is -0.610. The summed E-state index contributed by atoms with van der Waals surface area (Å²) in [7, 11) is 2.14. The van der Waals surface area contributed by atoms with E-state index in [1.54, 1.807) is 0 Å². The monoisotopic (exact) mass is 239 g/mol. The highest BCUT2D eigenvalue weighted by atomic mass is 16.1. The van der Waals surface area contributed by atoms with E-state index in [4.69, 9.17) is 5.73 Å². The largest absolute Gasteiger partial charge is 0.353 e. The number of amides is 1. The summed E-state index contributed by atoms with van der Waals surface area (Å²) in [6.07, 6.45) is 4.74. The first-order valence-corrected chi connectivity index (χ1v) is 6.75. The number of carbonyl (C=O) groups is 1. The van der Waals surface area contributed by atoms with Gasteiger partial charge in [0.2, 0.25) is 5.91 Å². The summed E-state index contributed by atoms with van der Waals surface area (Å²) >= 11 is 0. The van der Waals surface area contributed by atoms with Crippen LogP contribution in [-0.2, 0) is 4.79 Å². The molecule has 0 aromatic rings. The number of nitrogens with zero attached hydrogens (tertiary/aromatic N) is 1. The Kier molecular flexibility index (Phi) is 3.73. The zero-order chi connectivity index (χ0) is 12.5. The van der Waals surface area contributed by atoms with E-state index in [0.717, 1.165) is 32.4 Å². The van der Waals surface area contributed by atoms with Gasteiger partial charge in [-0.05, 0) is 45.2 Å². The van der Waals surface area contributed by atoms with Gasteiger partial charge in [-0.2, -0.15) is 0 Å². The zero-order valence-electron chi connectivity index (χ0n) is 11.0. The van der Waals surface area contributed by atoms with Crippen LogP contribution in [0.2, 0.25) is 0 Å². The number of rotatable bonds is 3. The number of hydrogen-bond donors (Lipinski definition) is 2. The molecule has 4 nitrogen and oxygen atoms in total. The van der Waals surface area contributed by atoms with E-state index in [-0.39, 0.29) is 11.4 Å². The first-order chi connectivity index (χ1) is 7.98. The number of carbonyl (C=O) groups excluding carboxylic acids is 1. The Morgan fingerprint density at radius 1 is 1.53 bits per heavy atom. The van der Waals surface area contributed by atoms with E-state index in [9.17, 15) is 4.79 Å². The fourth-order valence-electron chi connectivity index (χ4n) is 2.95. The molecule has 2 fully saturated rings. The lowest BCUT2D eigenvalue weighted by Gasteiger charge is -2.39. The Balaban J connectivity index is 1.78. The molecule has 1 aliphatic carbocycles. The van der Waals surface area contributed by atoms with Crippen LogP contribution in [0.25, 0.3) is 0 Å². The second-order valence-electron chi connectivity index (χ2n) is 6.09. The number of nitrogens with one attached hydrogen (secondary N) is 1. The molecular weight excluding hydrogens is 214 g/mol. The predicted molar refractivity (Wildman–Crippen MR) is 68.6 cm³/mol. The van der Waals surface area contributed by atoms with Crippen LogP contribution in [-0.4, -0.2) is 42.5 Å². The third-order valence-corrected chi connectivity index (χ3v) is 4.32. The molecule has 1 saturated carbocycles. The van der Waals surface area contributed by atoms with Gasteiger partial charge >= 0.3 is 0 Å². The van der Waals surface area contributed by atoms with Crippen molar-refractivity contribution in [1.29, 1.82) is 0 Å². The minimum atomic E-state index is -0.196. The first kappa shape index (κ1) is 12.8. The minimum Gasteiger partial charge on any atom is -0.353 e. The summed E-state index contributed by atoms with van der Waals surface area (Å²) in [5.74, 6) is 0.682. The van der Waals surface area contributed by atoms with Crippen LogP contribution >= 0.6 is 0 Å². The van der Waals surface area contributed by atoms with Crippen LogP contribution in [0, 0.1) is 5.92 Å². The molecule has 0 aromatic carbocycles. The first-order valence-electron chi connectivity index (χ1n) is 6.75. The van der Waals surface area contributed by atoms with Crippen molar-refractivity contribution < 1.29 is 4.79 Å². The van der Waals surface area contributed by atoms with Gasteiger partial charge in [-0.15, -0.1) is 0 Å². The molecule has 1 heterocycles. The molecule has 4 heteroatoms. The highest BCUT2D eigenvalue weighted by Crippen LogP contribution is 2.32. The van der Waals surface area contributed by atoms with E-state index >= 15 is 0 Å². The van der Waals surface area contributed by atoms with Crippen molar-refractivity contribution in [2.24, 2.45) is 11.7 Å². The highest BCUT2D eigenvalue weighted by Gasteiger charge is 2.35. The molecule has 0 aromatic heterocycles. The number of piperidine rings is 1. The molecule has 0 spiro atoms. The van der Waals surface area contributed by atoms with Gasteiger partial charge < -0.3 is 16.0 Å². The summed E-state index contributed by atoms with van der Waals surface area (Å²) < 4.78 is 0. The Labute approximate surface area is 104 Å². The lowest BCUT2D eigenvalue weighted by molar-refractivity contribution is -0.124. The summed E-state index contributed by atoms with van der Waals surface area (Å²) in [6, 6.07) is 0.336. The molecule has 0 radical (unpaired) electrons. The standard InChI is InChI=1S/C13H25N3O/c1-10-9-16(2)7-4-11(10)15-12(17)8-13(14)5-3-6-13/h10-11H,3-9,14H2,1-2H3,(H,15,17). The van der Waals surface area contributed by atoms with Crippen molar-refractivity contribution in [1.82, 2.24) is 10.2 Å². The van der Waals surface area contributed by atoms with Gasteiger partial charge in [0, 0.05) is 24.5 Å². The van der Waals surface area contributed by atoms with Gasteiger partial charge in [-0.1, -0.05) is 6.92 Å². The molecular formula is C13H25N3O. The van der Waals surface area contributed by atoms with E-state index in [2.05, 4.69) is 24.2 Å². The second kappa shape index (κ2) is 4.94. The van der Waals surface area contributed by atoms with Crippen molar-refractivity contribution in [3.63, 3.8) is 0 Å². The molecule has 17 heavy (non-hydrogen) atoms. The average Bonchev–Trinajstić information content (AvgIpc) is 2.20. The van der Waals surface area contributed by atoms with Crippen LogP contribution in [0.15, 0.2) is 0 Å². The van der Waals surface area contributed by atoms with Crippen molar-refractivity contribution in [2.75, 3.05) is 20.1 Å². The normalized spacial score (nSPS) is 32.9. The number of hydrogen-bond acceptors (Lipinski definition) is 3. The van der Waals surface area contributed by atoms with Gasteiger partial charge in [0.15, 0.2) is 0 Å². The van der Waals surface area contributed by atoms with Crippen LogP contribution in [0.5, 0.6) is 0 Å². The summed E-state index contributed by atoms with van der Waals surface area (Å²) in [6.45, 7) is 4.35. The fraction of sp³-hybridized carbons (Fsp3) is 0.923. The molecule has 2 unspecified atom stereocenters. The Morgan fingerprint density at radius 3 is 2.76 bits per heavy atom. The van der Waals surface area contributed by atoms with Gasteiger partial charge in [-0.3, -0.25) is 4.79 Å². The van der Waals surface area contributed by atoms with Gasteiger partial charge in [0.25, 0.3) is 0 Å². The smallest absolute Gasteiger partial charge is 0.222 e. The van der Waals surface area contributed by atoms with Gasteiger partial charge in [-0.25, -0.2) is 0 Å². The van der Waals surface area contributed by atoms with Crippen molar-refractivity contribution in [3.05, 3.63) is 0 Å². The van der Waals surface area contributed by atoms with Crippen LogP contribution in [0.1, 0.15) is 39.0 Å². The van der Waals surface area contributed by atoms with Crippen molar-refractivity contribution in [2.45, 2.75) is 50.6 Å². The molecule has 0 bridgehead atoms. The maximum absolute atomic E-state index is 11.9. The highest BCUT2D eigenvalue weighted by molar-refractivity contribution is 5.77. The fourth-order valence-corrected chi connectivity index (χ4v) is 2.95. The molecule has 2 atom stereocenters. The van der Waals surface area contributed by atoms with Crippen LogP contribution < -0.4 is 11.1 Å². The molecule has 98 valence electrons. The van der Waals surface area contributed by atoms with E-state index in [1.807, 2.05) is 0 Å². The van der Waals surface area contributed by atoms with Crippen LogP contribution in [0.4, 0.5) is 0 Å². The average molecular weight is 239 g/mol. The lowest BCUT2D eigenvalue weighted by atomic mass is 9.75. The molecule has 2 aliphatic rings. The zero-order valence-corrected chi connectivity index (χ0v) is 11.0. The molecule has 1 saturated heterocycles.